The third-order valence-electron chi connectivity index (χ3n) is 3.16. The van der Waals surface area contributed by atoms with E-state index in [1.165, 1.54) is 6.33 Å². The van der Waals surface area contributed by atoms with Crippen molar-refractivity contribution < 1.29 is 14.2 Å². The van der Waals surface area contributed by atoms with E-state index in [9.17, 15) is 0 Å². The van der Waals surface area contributed by atoms with E-state index in [1.54, 1.807) is 6.07 Å². The molecule has 6 nitrogen and oxygen atoms in total. The van der Waals surface area contributed by atoms with Crippen molar-refractivity contribution in [1.82, 2.24) is 9.97 Å². The average molecular weight is 287 g/mol. The number of aromatic nitrogens is 2. The number of hydrogen-bond donors (Lipinski definition) is 1. The van der Waals surface area contributed by atoms with Crippen molar-refractivity contribution in [3.63, 3.8) is 0 Å². The summed E-state index contributed by atoms with van der Waals surface area (Å²) < 4.78 is 16.5. The molecular weight excluding hydrogens is 270 g/mol. The molecule has 0 spiro atoms. The van der Waals surface area contributed by atoms with E-state index in [-0.39, 0.29) is 6.79 Å². The first kappa shape index (κ1) is 13.5. The Kier molecular flexibility index (Phi) is 3.77. The maximum Gasteiger partial charge on any atom is 0.231 e. The minimum atomic E-state index is 0.247. The van der Waals surface area contributed by atoms with E-state index < -0.39 is 0 Å². The van der Waals surface area contributed by atoms with Crippen LogP contribution in [-0.2, 0) is 6.42 Å². The van der Waals surface area contributed by atoms with Gasteiger partial charge in [-0.1, -0.05) is 6.92 Å². The zero-order valence-electron chi connectivity index (χ0n) is 12.0. The molecule has 0 aliphatic carbocycles. The Morgan fingerprint density at radius 3 is 2.86 bits per heavy atom. The van der Waals surface area contributed by atoms with Gasteiger partial charge in [-0.05, 0) is 25.5 Å². The van der Waals surface area contributed by atoms with E-state index in [4.69, 9.17) is 14.2 Å². The minimum absolute atomic E-state index is 0.247. The predicted octanol–water partition coefficient (Wildman–Crippen LogP) is 2.99. The van der Waals surface area contributed by atoms with Crippen LogP contribution in [0.3, 0.4) is 0 Å². The van der Waals surface area contributed by atoms with Gasteiger partial charge in [0.1, 0.15) is 17.9 Å². The van der Waals surface area contributed by atoms with Crippen molar-refractivity contribution in [2.75, 3.05) is 18.7 Å². The standard InChI is InChI=1S/C15H17N3O3/c1-3-11-14(16-4-2)17-8-18-15(11)21-10-5-6-12-13(7-10)20-9-19-12/h5-8H,3-4,9H2,1-2H3,(H,16,17,18). The second-order valence-corrected chi connectivity index (χ2v) is 4.51. The van der Waals surface area contributed by atoms with Crippen LogP contribution >= 0.6 is 0 Å². The number of nitrogens with one attached hydrogen (secondary N) is 1. The van der Waals surface area contributed by atoms with Crippen LogP contribution in [0.25, 0.3) is 0 Å². The van der Waals surface area contributed by atoms with Crippen molar-refractivity contribution in [2.45, 2.75) is 20.3 Å². The largest absolute Gasteiger partial charge is 0.454 e. The molecule has 1 aliphatic heterocycles. The first-order valence-corrected chi connectivity index (χ1v) is 6.97. The molecule has 2 aromatic rings. The van der Waals surface area contributed by atoms with Crippen LogP contribution in [0.4, 0.5) is 5.82 Å². The Morgan fingerprint density at radius 1 is 1.19 bits per heavy atom. The summed E-state index contributed by atoms with van der Waals surface area (Å²) >= 11 is 0. The molecular formula is C15H17N3O3. The number of nitrogens with zero attached hydrogens (tertiary/aromatic N) is 2. The minimum Gasteiger partial charge on any atom is -0.454 e. The number of anilines is 1. The molecule has 0 amide bonds. The summed E-state index contributed by atoms with van der Waals surface area (Å²) in [6.45, 7) is 5.12. The zero-order valence-corrected chi connectivity index (χ0v) is 12.0. The van der Waals surface area contributed by atoms with Gasteiger partial charge >= 0.3 is 0 Å². The lowest BCUT2D eigenvalue weighted by Gasteiger charge is -2.13. The summed E-state index contributed by atoms with van der Waals surface area (Å²) in [5.74, 6) is 3.45. The van der Waals surface area contributed by atoms with E-state index in [0.717, 1.165) is 30.1 Å². The first-order valence-electron chi connectivity index (χ1n) is 6.97. The van der Waals surface area contributed by atoms with Crippen LogP contribution in [0.5, 0.6) is 23.1 Å². The van der Waals surface area contributed by atoms with Crippen LogP contribution in [0.1, 0.15) is 19.4 Å². The molecule has 0 bridgehead atoms. The third-order valence-corrected chi connectivity index (χ3v) is 3.16. The molecule has 1 N–H and O–H groups in total. The molecule has 1 aromatic carbocycles. The molecule has 0 unspecified atom stereocenters. The summed E-state index contributed by atoms with van der Waals surface area (Å²) in [7, 11) is 0. The van der Waals surface area contributed by atoms with E-state index >= 15 is 0 Å². The van der Waals surface area contributed by atoms with Crippen LogP contribution in [-0.4, -0.2) is 23.3 Å². The SMILES string of the molecule is CCNc1ncnc(Oc2ccc3c(c2)OCO3)c1CC. The molecule has 0 radical (unpaired) electrons. The Labute approximate surface area is 123 Å². The van der Waals surface area contributed by atoms with Crippen molar-refractivity contribution in [2.24, 2.45) is 0 Å². The Morgan fingerprint density at radius 2 is 2.05 bits per heavy atom. The lowest BCUT2D eigenvalue weighted by atomic mass is 10.2. The maximum atomic E-state index is 5.89. The molecule has 0 atom stereocenters. The number of fused-ring (bicyclic) bond motifs is 1. The van der Waals surface area contributed by atoms with Gasteiger partial charge in [0.25, 0.3) is 0 Å². The van der Waals surface area contributed by atoms with Gasteiger partial charge in [0, 0.05) is 12.6 Å². The molecule has 0 fully saturated rings. The summed E-state index contributed by atoms with van der Waals surface area (Å²) in [6, 6.07) is 5.47. The lowest BCUT2D eigenvalue weighted by molar-refractivity contribution is 0.174. The fraction of sp³-hybridized carbons (Fsp3) is 0.333. The Bertz CT molecular complexity index is 646. The van der Waals surface area contributed by atoms with Crippen LogP contribution in [0, 0.1) is 0 Å². The topological polar surface area (TPSA) is 65.5 Å². The summed E-state index contributed by atoms with van der Waals surface area (Å²) in [5, 5.41) is 3.22. The summed E-state index contributed by atoms with van der Waals surface area (Å²) in [5.41, 5.74) is 0.956. The smallest absolute Gasteiger partial charge is 0.231 e. The molecule has 21 heavy (non-hydrogen) atoms. The van der Waals surface area contributed by atoms with Crippen molar-refractivity contribution in [3.05, 3.63) is 30.1 Å². The van der Waals surface area contributed by atoms with Gasteiger partial charge in [-0.15, -0.1) is 0 Å². The van der Waals surface area contributed by atoms with Gasteiger partial charge in [-0.3, -0.25) is 0 Å². The van der Waals surface area contributed by atoms with Crippen LogP contribution < -0.4 is 19.5 Å². The highest BCUT2D eigenvalue weighted by atomic mass is 16.7. The van der Waals surface area contributed by atoms with Gasteiger partial charge in [-0.2, -0.15) is 0 Å². The quantitative estimate of drug-likeness (QED) is 0.912. The molecule has 0 saturated heterocycles. The summed E-state index contributed by atoms with van der Waals surface area (Å²) in [4.78, 5) is 8.49. The number of ether oxygens (including phenoxy) is 3. The van der Waals surface area contributed by atoms with E-state index in [0.29, 0.717) is 17.4 Å². The number of rotatable bonds is 5. The lowest BCUT2D eigenvalue weighted by Crippen LogP contribution is -2.05. The predicted molar refractivity (Wildman–Crippen MR) is 78.2 cm³/mol. The van der Waals surface area contributed by atoms with Gasteiger partial charge in [0.05, 0.1) is 5.56 Å². The first-order chi connectivity index (χ1) is 10.3. The van der Waals surface area contributed by atoms with Gasteiger partial charge in [0.2, 0.25) is 12.7 Å². The van der Waals surface area contributed by atoms with Gasteiger partial charge in [0.15, 0.2) is 11.5 Å². The van der Waals surface area contributed by atoms with E-state index in [2.05, 4.69) is 15.3 Å². The van der Waals surface area contributed by atoms with Gasteiger partial charge in [-0.25, -0.2) is 9.97 Å². The molecule has 1 aromatic heterocycles. The normalized spacial score (nSPS) is 12.3. The zero-order chi connectivity index (χ0) is 14.7. The van der Waals surface area contributed by atoms with Crippen molar-refractivity contribution in [1.29, 1.82) is 0 Å². The van der Waals surface area contributed by atoms with Gasteiger partial charge < -0.3 is 19.5 Å². The fourth-order valence-electron chi connectivity index (χ4n) is 2.17. The molecule has 0 saturated carbocycles. The van der Waals surface area contributed by atoms with E-state index in [1.807, 2.05) is 26.0 Å². The molecule has 1 aliphatic rings. The molecule has 3 rings (SSSR count). The highest BCUT2D eigenvalue weighted by molar-refractivity contribution is 5.51. The Hall–Kier alpha value is -2.50. The molecule has 110 valence electrons. The number of hydrogen-bond acceptors (Lipinski definition) is 6. The van der Waals surface area contributed by atoms with Crippen molar-refractivity contribution in [3.8, 4) is 23.1 Å². The average Bonchev–Trinajstić information content (AvgIpc) is 2.95. The second-order valence-electron chi connectivity index (χ2n) is 4.51. The van der Waals surface area contributed by atoms with Crippen molar-refractivity contribution >= 4 is 5.82 Å². The maximum absolute atomic E-state index is 5.89. The third kappa shape index (κ3) is 2.69. The van der Waals surface area contributed by atoms with Crippen LogP contribution in [0.2, 0.25) is 0 Å². The monoisotopic (exact) mass is 287 g/mol. The number of benzene rings is 1. The highest BCUT2D eigenvalue weighted by Gasteiger charge is 2.16. The fourth-order valence-corrected chi connectivity index (χ4v) is 2.17. The van der Waals surface area contributed by atoms with Crippen LogP contribution in [0.15, 0.2) is 24.5 Å². The molecule has 2 heterocycles. The molecule has 6 heteroatoms. The Balaban J connectivity index is 1.89. The highest BCUT2D eigenvalue weighted by Crippen LogP contribution is 2.37. The second kappa shape index (κ2) is 5.87. The summed E-state index contributed by atoms with van der Waals surface area (Å²) in [6.07, 6.45) is 2.28.